The largest absolute Gasteiger partial charge is 0.385 e. The van der Waals surface area contributed by atoms with Crippen LogP contribution in [0.4, 0.5) is 8.78 Å². The van der Waals surface area contributed by atoms with Crippen LogP contribution >= 0.6 is 15.9 Å². The Balaban J connectivity index is 2.60. The molecule has 1 N–H and O–H groups in total. The molecule has 0 amide bonds. The summed E-state index contributed by atoms with van der Waals surface area (Å²) in [4.78, 5) is 0. The Morgan fingerprint density at radius 1 is 1.25 bits per heavy atom. The Morgan fingerprint density at radius 3 is 2.50 bits per heavy atom. The number of aliphatic hydroxyl groups is 1. The lowest BCUT2D eigenvalue weighted by molar-refractivity contribution is -0.100. The third-order valence-corrected chi connectivity index (χ3v) is 5.01. The lowest BCUT2D eigenvalue weighted by atomic mass is 9.61. The highest BCUT2D eigenvalue weighted by Crippen LogP contribution is 2.51. The van der Waals surface area contributed by atoms with Crippen molar-refractivity contribution in [2.45, 2.75) is 52.1 Å². The summed E-state index contributed by atoms with van der Waals surface area (Å²) >= 11 is 3.09. The van der Waals surface area contributed by atoms with Crippen molar-refractivity contribution in [2.24, 2.45) is 11.3 Å². The van der Waals surface area contributed by atoms with Gasteiger partial charge in [0.2, 0.25) is 0 Å². The summed E-state index contributed by atoms with van der Waals surface area (Å²) in [6.45, 7) is 6.05. The fraction of sp³-hybridized carbons (Fsp3) is 0.625. The summed E-state index contributed by atoms with van der Waals surface area (Å²) in [6.07, 6.45) is 2.96. The Kier molecular flexibility index (Phi) is 4.27. The third kappa shape index (κ3) is 2.64. The molecule has 20 heavy (non-hydrogen) atoms. The molecule has 0 aromatic heterocycles. The second kappa shape index (κ2) is 5.38. The van der Waals surface area contributed by atoms with Gasteiger partial charge in [0, 0.05) is 0 Å². The van der Waals surface area contributed by atoms with E-state index in [0.29, 0.717) is 6.42 Å². The molecule has 4 heteroatoms. The van der Waals surface area contributed by atoms with Crippen LogP contribution in [0.3, 0.4) is 0 Å². The van der Waals surface area contributed by atoms with E-state index < -0.39 is 17.2 Å². The zero-order valence-electron chi connectivity index (χ0n) is 12.1. The van der Waals surface area contributed by atoms with Gasteiger partial charge < -0.3 is 5.11 Å². The molecule has 0 aliphatic heterocycles. The lowest BCUT2D eigenvalue weighted by Crippen LogP contribution is -2.45. The van der Waals surface area contributed by atoms with Crippen molar-refractivity contribution >= 4 is 15.9 Å². The molecule has 0 spiro atoms. The van der Waals surface area contributed by atoms with Gasteiger partial charge in [0.1, 0.15) is 11.6 Å². The number of halogens is 3. The first-order valence-electron chi connectivity index (χ1n) is 7.04. The number of rotatable bonds is 1. The summed E-state index contributed by atoms with van der Waals surface area (Å²) in [7, 11) is 0. The molecular weight excluding hydrogens is 326 g/mol. The molecule has 112 valence electrons. The molecule has 1 aliphatic rings. The summed E-state index contributed by atoms with van der Waals surface area (Å²) in [5, 5.41) is 11.1. The minimum absolute atomic E-state index is 0.165. The second-order valence-corrected chi connectivity index (χ2v) is 7.66. The normalized spacial score (nSPS) is 27.6. The molecule has 1 fully saturated rings. The Morgan fingerprint density at radius 2 is 1.90 bits per heavy atom. The zero-order valence-corrected chi connectivity index (χ0v) is 13.7. The maximum absolute atomic E-state index is 14.4. The Hall–Kier alpha value is -0.480. The average molecular weight is 347 g/mol. The monoisotopic (exact) mass is 346 g/mol. The fourth-order valence-electron chi connectivity index (χ4n) is 3.53. The highest BCUT2D eigenvalue weighted by Gasteiger charge is 2.48. The maximum Gasteiger partial charge on any atom is 0.146 e. The first-order chi connectivity index (χ1) is 9.18. The number of benzene rings is 1. The van der Waals surface area contributed by atoms with Crippen molar-refractivity contribution in [2.75, 3.05) is 0 Å². The van der Waals surface area contributed by atoms with Crippen LogP contribution in [-0.2, 0) is 5.60 Å². The molecule has 2 atom stereocenters. The molecule has 1 nitrogen and oxygen atoms in total. The molecule has 0 bridgehead atoms. The molecule has 0 heterocycles. The van der Waals surface area contributed by atoms with Gasteiger partial charge in [-0.2, -0.15) is 0 Å². The van der Waals surface area contributed by atoms with Crippen LogP contribution in [0.5, 0.6) is 0 Å². The predicted molar refractivity (Wildman–Crippen MR) is 79.4 cm³/mol. The van der Waals surface area contributed by atoms with Crippen molar-refractivity contribution in [3.05, 3.63) is 33.8 Å². The van der Waals surface area contributed by atoms with Crippen LogP contribution in [0.1, 0.15) is 52.0 Å². The Labute approximate surface area is 127 Å². The van der Waals surface area contributed by atoms with E-state index in [1.807, 2.05) is 20.8 Å². The molecular formula is C16H21BrF2O. The van der Waals surface area contributed by atoms with Gasteiger partial charge in [0.25, 0.3) is 0 Å². The van der Waals surface area contributed by atoms with Crippen LogP contribution in [0, 0.1) is 23.0 Å². The van der Waals surface area contributed by atoms with Gasteiger partial charge in [0.05, 0.1) is 15.6 Å². The van der Waals surface area contributed by atoms with Crippen molar-refractivity contribution in [3.8, 4) is 0 Å². The van der Waals surface area contributed by atoms with Crippen LogP contribution in [0.25, 0.3) is 0 Å². The van der Waals surface area contributed by atoms with Crippen LogP contribution < -0.4 is 0 Å². The van der Waals surface area contributed by atoms with E-state index in [1.165, 1.54) is 12.1 Å². The third-order valence-electron chi connectivity index (χ3n) is 4.40. The van der Waals surface area contributed by atoms with Gasteiger partial charge in [-0.25, -0.2) is 8.78 Å². The first-order valence-corrected chi connectivity index (χ1v) is 7.83. The van der Waals surface area contributed by atoms with Gasteiger partial charge in [-0.05, 0) is 52.2 Å². The highest BCUT2D eigenvalue weighted by atomic mass is 79.9. The van der Waals surface area contributed by atoms with Crippen molar-refractivity contribution in [3.63, 3.8) is 0 Å². The average Bonchev–Trinajstić information content (AvgIpc) is 2.33. The molecule has 1 aromatic carbocycles. The summed E-state index contributed by atoms with van der Waals surface area (Å²) in [6, 6.07) is 2.56. The highest BCUT2D eigenvalue weighted by molar-refractivity contribution is 9.10. The predicted octanol–water partition coefficient (Wildman–Crippen LogP) is 5.15. The fourth-order valence-corrected chi connectivity index (χ4v) is 3.86. The first kappa shape index (κ1) is 15.9. The van der Waals surface area contributed by atoms with E-state index in [9.17, 15) is 13.9 Å². The van der Waals surface area contributed by atoms with E-state index in [4.69, 9.17) is 0 Å². The van der Waals surface area contributed by atoms with E-state index in [0.717, 1.165) is 19.3 Å². The van der Waals surface area contributed by atoms with E-state index in [2.05, 4.69) is 15.9 Å². The van der Waals surface area contributed by atoms with E-state index in [-0.39, 0.29) is 21.4 Å². The van der Waals surface area contributed by atoms with E-state index >= 15 is 0 Å². The minimum Gasteiger partial charge on any atom is -0.385 e. The quantitative estimate of drug-likeness (QED) is 0.697. The SMILES string of the molecule is CC(C)(C)C1CCCCC1(O)c1c(F)ccc(Br)c1F. The number of hydrogen-bond donors (Lipinski definition) is 1. The summed E-state index contributed by atoms with van der Waals surface area (Å²) in [5.41, 5.74) is -1.82. The molecule has 2 unspecified atom stereocenters. The molecule has 0 saturated heterocycles. The van der Waals surface area contributed by atoms with Crippen molar-refractivity contribution in [1.82, 2.24) is 0 Å². The topological polar surface area (TPSA) is 20.2 Å². The van der Waals surface area contributed by atoms with Crippen LogP contribution in [0.2, 0.25) is 0 Å². The van der Waals surface area contributed by atoms with Crippen molar-refractivity contribution in [1.29, 1.82) is 0 Å². The van der Waals surface area contributed by atoms with Crippen LogP contribution in [-0.4, -0.2) is 5.11 Å². The molecule has 2 rings (SSSR count). The zero-order chi connectivity index (χ0) is 15.1. The van der Waals surface area contributed by atoms with E-state index in [1.54, 1.807) is 0 Å². The summed E-state index contributed by atoms with van der Waals surface area (Å²) < 4.78 is 28.8. The second-order valence-electron chi connectivity index (χ2n) is 6.81. The Bertz CT molecular complexity index is 510. The molecule has 1 aromatic rings. The van der Waals surface area contributed by atoms with Gasteiger partial charge in [0.15, 0.2) is 0 Å². The van der Waals surface area contributed by atoms with Gasteiger partial charge >= 0.3 is 0 Å². The van der Waals surface area contributed by atoms with Crippen LogP contribution in [0.15, 0.2) is 16.6 Å². The maximum atomic E-state index is 14.4. The summed E-state index contributed by atoms with van der Waals surface area (Å²) in [5.74, 6) is -1.50. The molecule has 1 saturated carbocycles. The minimum atomic E-state index is -1.44. The van der Waals surface area contributed by atoms with Gasteiger partial charge in [-0.1, -0.05) is 33.6 Å². The van der Waals surface area contributed by atoms with Gasteiger partial charge in [-0.3, -0.25) is 0 Å². The van der Waals surface area contributed by atoms with Gasteiger partial charge in [-0.15, -0.1) is 0 Å². The smallest absolute Gasteiger partial charge is 0.146 e. The van der Waals surface area contributed by atoms with Crippen molar-refractivity contribution < 1.29 is 13.9 Å². The molecule has 0 radical (unpaired) electrons. The lowest BCUT2D eigenvalue weighted by Gasteiger charge is -2.47. The number of hydrogen-bond acceptors (Lipinski definition) is 1. The standard InChI is InChI=1S/C16H21BrF2O/c1-15(2,3)12-6-4-5-9-16(12,20)13-11(18)8-7-10(17)14(13)19/h7-8,12,20H,4-6,9H2,1-3H3. The molecule has 1 aliphatic carbocycles.